The van der Waals surface area contributed by atoms with Gasteiger partial charge in [0.1, 0.15) is 0 Å². The number of benzene rings is 1. The highest BCUT2D eigenvalue weighted by molar-refractivity contribution is 7.88. The van der Waals surface area contributed by atoms with E-state index in [1.165, 1.54) is 4.31 Å². The van der Waals surface area contributed by atoms with Crippen molar-refractivity contribution in [2.75, 3.05) is 13.1 Å². The van der Waals surface area contributed by atoms with Gasteiger partial charge in [0, 0.05) is 23.1 Å². The lowest BCUT2D eigenvalue weighted by Gasteiger charge is -2.28. The van der Waals surface area contributed by atoms with Gasteiger partial charge in [-0.25, -0.2) is 12.7 Å². The molecule has 1 heterocycles. The first-order chi connectivity index (χ1) is 8.87. The summed E-state index contributed by atoms with van der Waals surface area (Å²) >= 11 is 11.7. The van der Waals surface area contributed by atoms with Crippen molar-refractivity contribution in [1.29, 1.82) is 0 Å². The number of hydrogen-bond donors (Lipinski definition) is 1. The molecule has 19 heavy (non-hydrogen) atoms. The van der Waals surface area contributed by atoms with Gasteiger partial charge in [-0.3, -0.25) is 0 Å². The Morgan fingerprint density at radius 3 is 2.21 bits per heavy atom. The summed E-state index contributed by atoms with van der Waals surface area (Å²) in [5.41, 5.74) is 0.573. The van der Waals surface area contributed by atoms with Crippen LogP contribution < -0.4 is 0 Å². The van der Waals surface area contributed by atoms with Gasteiger partial charge in [0.05, 0.1) is 11.9 Å². The maximum absolute atomic E-state index is 12.2. The summed E-state index contributed by atoms with van der Waals surface area (Å²) in [6.07, 6.45) is 0.567. The molecule has 7 heteroatoms. The van der Waals surface area contributed by atoms with Gasteiger partial charge in [-0.05, 0) is 36.6 Å². The van der Waals surface area contributed by atoms with E-state index in [1.54, 1.807) is 18.2 Å². The minimum Gasteiger partial charge on any atom is -0.393 e. The average Bonchev–Trinajstić information content (AvgIpc) is 2.27. The summed E-state index contributed by atoms with van der Waals surface area (Å²) in [5, 5.41) is 10.2. The predicted molar refractivity (Wildman–Crippen MR) is 75.9 cm³/mol. The third kappa shape index (κ3) is 4.07. The van der Waals surface area contributed by atoms with Gasteiger partial charge in [-0.2, -0.15) is 0 Å². The van der Waals surface area contributed by atoms with Crippen molar-refractivity contribution in [2.24, 2.45) is 0 Å². The van der Waals surface area contributed by atoms with E-state index in [0.29, 0.717) is 41.5 Å². The number of aliphatic hydroxyl groups is 1. The van der Waals surface area contributed by atoms with Crippen LogP contribution in [0.3, 0.4) is 0 Å². The smallest absolute Gasteiger partial charge is 0.218 e. The fourth-order valence-corrected chi connectivity index (χ4v) is 4.23. The van der Waals surface area contributed by atoms with E-state index in [1.807, 2.05) is 0 Å². The Balaban J connectivity index is 2.12. The fourth-order valence-electron chi connectivity index (χ4n) is 2.12. The number of hydrogen-bond acceptors (Lipinski definition) is 3. The van der Waals surface area contributed by atoms with E-state index in [-0.39, 0.29) is 5.75 Å². The molecule has 0 bridgehead atoms. The maximum Gasteiger partial charge on any atom is 0.218 e. The van der Waals surface area contributed by atoms with Gasteiger partial charge in [-0.1, -0.05) is 23.2 Å². The topological polar surface area (TPSA) is 57.6 Å². The molecule has 2 rings (SSSR count). The summed E-state index contributed by atoms with van der Waals surface area (Å²) in [6, 6.07) is 4.77. The van der Waals surface area contributed by atoms with Crippen LogP contribution in [0.1, 0.15) is 18.4 Å². The predicted octanol–water partition coefficient (Wildman–Crippen LogP) is 2.28. The van der Waals surface area contributed by atoms with Crippen molar-refractivity contribution in [3.8, 4) is 0 Å². The molecular formula is C12H15Cl2NO3S. The highest BCUT2D eigenvalue weighted by Crippen LogP contribution is 2.23. The van der Waals surface area contributed by atoms with Crippen molar-refractivity contribution >= 4 is 33.2 Å². The van der Waals surface area contributed by atoms with Crippen molar-refractivity contribution in [2.45, 2.75) is 24.7 Å². The monoisotopic (exact) mass is 323 g/mol. The summed E-state index contributed by atoms with van der Waals surface area (Å²) < 4.78 is 25.9. The van der Waals surface area contributed by atoms with Gasteiger partial charge in [0.2, 0.25) is 10.0 Å². The summed E-state index contributed by atoms with van der Waals surface area (Å²) in [7, 11) is -3.39. The van der Waals surface area contributed by atoms with Crippen molar-refractivity contribution in [3.63, 3.8) is 0 Å². The highest BCUT2D eigenvalue weighted by atomic mass is 35.5. The van der Waals surface area contributed by atoms with Crippen molar-refractivity contribution in [1.82, 2.24) is 4.31 Å². The lowest BCUT2D eigenvalue weighted by Crippen LogP contribution is -2.40. The van der Waals surface area contributed by atoms with Crippen LogP contribution in [0.4, 0.5) is 0 Å². The molecule has 0 unspecified atom stereocenters. The zero-order valence-corrected chi connectivity index (χ0v) is 12.5. The van der Waals surface area contributed by atoms with E-state index < -0.39 is 16.1 Å². The van der Waals surface area contributed by atoms with Gasteiger partial charge >= 0.3 is 0 Å². The molecule has 0 atom stereocenters. The number of rotatable bonds is 3. The Labute approximate surface area is 123 Å². The van der Waals surface area contributed by atoms with Gasteiger partial charge < -0.3 is 5.11 Å². The van der Waals surface area contributed by atoms with Crippen LogP contribution in [0.2, 0.25) is 10.0 Å². The normalized spacial score (nSPS) is 18.7. The maximum atomic E-state index is 12.2. The number of piperidine rings is 1. The van der Waals surface area contributed by atoms with Crippen LogP contribution in [0.15, 0.2) is 18.2 Å². The molecule has 0 aromatic heterocycles. The highest BCUT2D eigenvalue weighted by Gasteiger charge is 2.27. The molecule has 0 saturated carbocycles. The Bertz CT molecular complexity index is 534. The van der Waals surface area contributed by atoms with E-state index in [9.17, 15) is 13.5 Å². The Hall–Kier alpha value is -0.330. The Kier molecular flexibility index (Phi) is 4.74. The first kappa shape index (κ1) is 15.1. The molecule has 0 aliphatic carbocycles. The second-order valence-electron chi connectivity index (χ2n) is 4.66. The molecule has 1 aromatic rings. The molecule has 0 amide bonds. The summed E-state index contributed by atoms with van der Waals surface area (Å²) in [4.78, 5) is 0. The summed E-state index contributed by atoms with van der Waals surface area (Å²) in [5.74, 6) is -0.122. The van der Waals surface area contributed by atoms with E-state index in [2.05, 4.69) is 0 Å². The largest absolute Gasteiger partial charge is 0.393 e. The number of aliphatic hydroxyl groups excluding tert-OH is 1. The third-order valence-electron chi connectivity index (χ3n) is 3.09. The van der Waals surface area contributed by atoms with Gasteiger partial charge in [0.25, 0.3) is 0 Å². The van der Waals surface area contributed by atoms with Crippen LogP contribution >= 0.6 is 23.2 Å². The molecule has 0 spiro atoms. The third-order valence-corrected chi connectivity index (χ3v) is 5.37. The second kappa shape index (κ2) is 5.97. The molecular weight excluding hydrogens is 309 g/mol. The standard InChI is InChI=1S/C12H15Cl2NO3S/c13-10-5-9(6-11(14)7-10)8-19(17,18)15-3-1-12(16)2-4-15/h5-7,12,16H,1-4,8H2. The minimum atomic E-state index is -3.39. The molecule has 0 radical (unpaired) electrons. The summed E-state index contributed by atoms with van der Waals surface area (Å²) in [6.45, 7) is 0.718. The first-order valence-corrected chi connectivity index (χ1v) is 8.34. The lowest BCUT2D eigenvalue weighted by atomic mass is 10.1. The number of halogens is 2. The molecule has 1 aliphatic heterocycles. The number of sulfonamides is 1. The molecule has 1 aromatic carbocycles. The SMILES string of the molecule is O=S(=O)(Cc1cc(Cl)cc(Cl)c1)N1CCC(O)CC1. The Morgan fingerprint density at radius 1 is 1.16 bits per heavy atom. The van der Waals surface area contributed by atoms with Crippen LogP contribution in [-0.4, -0.2) is 37.0 Å². The molecule has 4 nitrogen and oxygen atoms in total. The van der Waals surface area contributed by atoms with Crippen LogP contribution in [0.5, 0.6) is 0 Å². The molecule has 106 valence electrons. The quantitative estimate of drug-likeness (QED) is 0.928. The lowest BCUT2D eigenvalue weighted by molar-refractivity contribution is 0.113. The molecule has 1 N–H and O–H groups in total. The molecule has 1 fully saturated rings. The Morgan fingerprint density at radius 2 is 1.68 bits per heavy atom. The van der Waals surface area contributed by atoms with E-state index >= 15 is 0 Å². The van der Waals surface area contributed by atoms with Crippen molar-refractivity contribution in [3.05, 3.63) is 33.8 Å². The molecule has 1 saturated heterocycles. The van der Waals surface area contributed by atoms with Gasteiger partial charge in [-0.15, -0.1) is 0 Å². The zero-order chi connectivity index (χ0) is 14.0. The van der Waals surface area contributed by atoms with Gasteiger partial charge in [0.15, 0.2) is 0 Å². The van der Waals surface area contributed by atoms with Crippen LogP contribution in [-0.2, 0) is 15.8 Å². The molecule has 1 aliphatic rings. The van der Waals surface area contributed by atoms with Crippen molar-refractivity contribution < 1.29 is 13.5 Å². The van der Waals surface area contributed by atoms with E-state index in [0.717, 1.165) is 0 Å². The number of nitrogens with zero attached hydrogens (tertiary/aromatic N) is 1. The van der Waals surface area contributed by atoms with Crippen LogP contribution in [0, 0.1) is 0 Å². The first-order valence-electron chi connectivity index (χ1n) is 5.98. The minimum absolute atomic E-state index is 0.122. The fraction of sp³-hybridized carbons (Fsp3) is 0.500. The van der Waals surface area contributed by atoms with Crippen LogP contribution in [0.25, 0.3) is 0 Å². The van der Waals surface area contributed by atoms with E-state index in [4.69, 9.17) is 23.2 Å². The second-order valence-corrected chi connectivity index (χ2v) is 7.51. The average molecular weight is 324 g/mol. The zero-order valence-electron chi connectivity index (χ0n) is 10.2.